The van der Waals surface area contributed by atoms with Crippen molar-refractivity contribution in [3.63, 3.8) is 0 Å². The Hall–Kier alpha value is -4.03. The third-order valence-electron chi connectivity index (χ3n) is 6.35. The molecule has 0 bridgehead atoms. The van der Waals surface area contributed by atoms with Crippen LogP contribution in [0.25, 0.3) is 10.8 Å². The summed E-state index contributed by atoms with van der Waals surface area (Å²) in [7, 11) is 4.05. The van der Waals surface area contributed by atoms with Gasteiger partial charge in [-0.05, 0) is 85.4 Å². The highest BCUT2D eigenvalue weighted by Crippen LogP contribution is 2.48. The van der Waals surface area contributed by atoms with E-state index in [-0.39, 0.29) is 23.7 Å². The number of carbonyl (C=O) groups is 2. The van der Waals surface area contributed by atoms with E-state index >= 15 is 0 Å². The molecule has 1 aromatic heterocycles. The second kappa shape index (κ2) is 9.68. The minimum absolute atomic E-state index is 0.0305. The van der Waals surface area contributed by atoms with Crippen LogP contribution in [0.1, 0.15) is 33.8 Å². The maximum Gasteiger partial charge on any atom is 0.255 e. The summed E-state index contributed by atoms with van der Waals surface area (Å²) < 4.78 is 0. The monoisotopic (exact) mass is 464 g/mol. The zero-order valence-electron chi connectivity index (χ0n) is 19.9. The summed E-state index contributed by atoms with van der Waals surface area (Å²) in [5.41, 5.74) is 4.43. The van der Waals surface area contributed by atoms with Crippen molar-refractivity contribution in [2.45, 2.75) is 18.9 Å². The fraction of sp³-hybridized carbons (Fsp3) is 0.207. The molecule has 35 heavy (non-hydrogen) atoms. The van der Waals surface area contributed by atoms with Crippen LogP contribution in [0.5, 0.6) is 0 Å². The fourth-order valence-corrected chi connectivity index (χ4v) is 4.39. The molecule has 1 fully saturated rings. The highest BCUT2D eigenvalue weighted by Gasteiger charge is 2.43. The number of carbonyl (C=O) groups excluding carboxylic acids is 2. The molecule has 2 amide bonds. The first kappa shape index (κ1) is 22.7. The molecule has 0 radical (unpaired) electrons. The van der Waals surface area contributed by atoms with Crippen LogP contribution in [0, 0.1) is 5.92 Å². The van der Waals surface area contributed by atoms with Gasteiger partial charge in [0.05, 0.1) is 0 Å². The Morgan fingerprint density at radius 2 is 1.63 bits per heavy atom. The van der Waals surface area contributed by atoms with Crippen molar-refractivity contribution in [1.82, 2.24) is 9.88 Å². The van der Waals surface area contributed by atoms with Crippen LogP contribution < -0.4 is 10.6 Å². The SMILES string of the molecule is CN(C)Cc1ccc(NC(=O)c2ccc([C@@H]3C[C@H]3C(=O)Nc3ccc4cnccc4c3)cc2)cc1. The Labute approximate surface area is 205 Å². The Kier molecular flexibility index (Phi) is 6.29. The van der Waals surface area contributed by atoms with Gasteiger partial charge in [-0.3, -0.25) is 14.6 Å². The average Bonchev–Trinajstić information content (AvgIpc) is 3.66. The smallest absolute Gasteiger partial charge is 0.255 e. The van der Waals surface area contributed by atoms with Gasteiger partial charge in [-0.1, -0.05) is 30.3 Å². The molecule has 0 aliphatic heterocycles. The number of amides is 2. The number of nitrogens with one attached hydrogen (secondary N) is 2. The molecule has 6 heteroatoms. The van der Waals surface area contributed by atoms with Crippen molar-refractivity contribution in [3.8, 4) is 0 Å². The molecule has 0 unspecified atom stereocenters. The Morgan fingerprint density at radius 3 is 2.37 bits per heavy atom. The molecule has 4 aromatic rings. The summed E-state index contributed by atoms with van der Waals surface area (Å²) in [5.74, 6) is 0.0148. The molecule has 2 atom stereocenters. The van der Waals surface area contributed by atoms with Crippen molar-refractivity contribution in [1.29, 1.82) is 0 Å². The first-order valence-electron chi connectivity index (χ1n) is 11.8. The van der Waals surface area contributed by atoms with Crippen LogP contribution >= 0.6 is 0 Å². The molecule has 3 aromatic carbocycles. The highest BCUT2D eigenvalue weighted by atomic mass is 16.2. The summed E-state index contributed by atoms with van der Waals surface area (Å²) in [6.07, 6.45) is 4.37. The van der Waals surface area contributed by atoms with E-state index in [1.54, 1.807) is 6.20 Å². The van der Waals surface area contributed by atoms with Crippen molar-refractivity contribution in [3.05, 3.63) is 102 Å². The number of fused-ring (bicyclic) bond motifs is 1. The van der Waals surface area contributed by atoms with Gasteiger partial charge in [0.15, 0.2) is 0 Å². The lowest BCUT2D eigenvalue weighted by Crippen LogP contribution is -2.14. The molecular formula is C29H28N4O2. The minimum Gasteiger partial charge on any atom is -0.326 e. The van der Waals surface area contributed by atoms with Crippen LogP contribution in [0.15, 0.2) is 85.2 Å². The minimum atomic E-state index is -0.145. The number of anilines is 2. The predicted octanol–water partition coefficient (Wildman–Crippen LogP) is 5.29. The number of nitrogens with zero attached hydrogens (tertiary/aromatic N) is 2. The number of pyridine rings is 1. The van der Waals surface area contributed by atoms with Crippen LogP contribution in [-0.4, -0.2) is 35.8 Å². The number of benzene rings is 3. The Balaban J connectivity index is 1.17. The number of aromatic nitrogens is 1. The Bertz CT molecular complexity index is 1360. The molecule has 1 aliphatic carbocycles. The first-order valence-corrected chi connectivity index (χ1v) is 11.8. The number of hydrogen-bond acceptors (Lipinski definition) is 4. The molecule has 0 spiro atoms. The van der Waals surface area contributed by atoms with Crippen LogP contribution in [0.2, 0.25) is 0 Å². The van der Waals surface area contributed by atoms with E-state index in [9.17, 15) is 9.59 Å². The third kappa shape index (κ3) is 5.39. The van der Waals surface area contributed by atoms with Gasteiger partial charge in [-0.25, -0.2) is 0 Å². The maximum atomic E-state index is 12.8. The zero-order chi connectivity index (χ0) is 24.4. The van der Waals surface area contributed by atoms with Crippen molar-refractivity contribution >= 4 is 34.0 Å². The number of rotatable bonds is 7. The normalized spacial score (nSPS) is 16.8. The molecule has 1 aliphatic rings. The van der Waals surface area contributed by atoms with Gasteiger partial charge in [-0.15, -0.1) is 0 Å². The molecule has 5 rings (SSSR count). The van der Waals surface area contributed by atoms with Crippen LogP contribution in [0.3, 0.4) is 0 Å². The van der Waals surface area contributed by atoms with Gasteiger partial charge in [0, 0.05) is 47.2 Å². The lowest BCUT2D eigenvalue weighted by molar-refractivity contribution is -0.117. The van der Waals surface area contributed by atoms with E-state index in [2.05, 4.69) is 20.5 Å². The largest absolute Gasteiger partial charge is 0.326 e. The predicted molar refractivity (Wildman–Crippen MR) is 139 cm³/mol. The summed E-state index contributed by atoms with van der Waals surface area (Å²) in [4.78, 5) is 31.6. The molecule has 176 valence electrons. The molecule has 0 saturated heterocycles. The summed E-state index contributed by atoms with van der Waals surface area (Å²) in [5, 5.41) is 8.08. The average molecular weight is 465 g/mol. The van der Waals surface area contributed by atoms with Gasteiger partial charge in [0.1, 0.15) is 0 Å². The van der Waals surface area contributed by atoms with E-state index in [0.717, 1.165) is 40.7 Å². The topological polar surface area (TPSA) is 74.3 Å². The molecule has 6 nitrogen and oxygen atoms in total. The Morgan fingerprint density at radius 1 is 0.886 bits per heavy atom. The van der Waals surface area contributed by atoms with E-state index in [1.807, 2.05) is 93.1 Å². The van der Waals surface area contributed by atoms with Gasteiger partial charge in [0.25, 0.3) is 5.91 Å². The summed E-state index contributed by atoms with van der Waals surface area (Å²) in [6.45, 7) is 0.857. The van der Waals surface area contributed by atoms with Gasteiger partial charge in [0.2, 0.25) is 5.91 Å². The quantitative estimate of drug-likeness (QED) is 0.390. The molecule has 1 saturated carbocycles. The van der Waals surface area contributed by atoms with Crippen molar-refractivity contribution in [2.75, 3.05) is 24.7 Å². The first-order chi connectivity index (χ1) is 17.0. The van der Waals surface area contributed by atoms with Gasteiger partial charge < -0.3 is 15.5 Å². The second-order valence-corrected chi connectivity index (χ2v) is 9.39. The van der Waals surface area contributed by atoms with E-state index < -0.39 is 0 Å². The maximum absolute atomic E-state index is 12.8. The number of hydrogen-bond donors (Lipinski definition) is 2. The standard InChI is InChI=1S/C29H28N4O2/c1-33(2)18-19-3-10-24(11-4-19)31-28(34)21-7-5-20(6-8-21)26-16-27(26)29(35)32-25-12-9-23-17-30-14-13-22(23)15-25/h3-15,17,26-27H,16,18H2,1-2H3,(H,31,34)(H,32,35)/t26-,27+/m0/s1. The fourth-order valence-electron chi connectivity index (χ4n) is 4.39. The van der Waals surface area contributed by atoms with Crippen LogP contribution in [0.4, 0.5) is 11.4 Å². The van der Waals surface area contributed by atoms with E-state index in [1.165, 1.54) is 5.56 Å². The summed E-state index contributed by atoms with van der Waals surface area (Å²) >= 11 is 0. The summed E-state index contributed by atoms with van der Waals surface area (Å²) in [6, 6.07) is 23.2. The highest BCUT2D eigenvalue weighted by molar-refractivity contribution is 6.04. The van der Waals surface area contributed by atoms with Crippen molar-refractivity contribution in [2.24, 2.45) is 5.92 Å². The lowest BCUT2D eigenvalue weighted by atomic mass is 10.1. The lowest BCUT2D eigenvalue weighted by Gasteiger charge is -2.11. The van der Waals surface area contributed by atoms with Crippen LogP contribution in [-0.2, 0) is 11.3 Å². The van der Waals surface area contributed by atoms with Gasteiger partial charge in [-0.2, -0.15) is 0 Å². The second-order valence-electron chi connectivity index (χ2n) is 9.39. The molecule has 1 heterocycles. The molecular weight excluding hydrogens is 436 g/mol. The third-order valence-corrected chi connectivity index (χ3v) is 6.35. The van der Waals surface area contributed by atoms with E-state index in [0.29, 0.717) is 5.56 Å². The van der Waals surface area contributed by atoms with Gasteiger partial charge >= 0.3 is 0 Å². The van der Waals surface area contributed by atoms with E-state index in [4.69, 9.17) is 0 Å². The van der Waals surface area contributed by atoms with Crippen molar-refractivity contribution < 1.29 is 9.59 Å². The molecule has 2 N–H and O–H groups in total. The zero-order valence-corrected chi connectivity index (χ0v) is 19.9.